The molecule has 3 rings (SSSR count). The molecule has 0 saturated heterocycles. The van der Waals surface area contributed by atoms with Crippen molar-refractivity contribution in [2.24, 2.45) is 0 Å². The number of H-pyrrole nitrogens is 3. The Hall–Kier alpha value is -2.14. The van der Waals surface area contributed by atoms with E-state index in [0.717, 1.165) is 88.6 Å². The summed E-state index contributed by atoms with van der Waals surface area (Å²) in [6.07, 6.45) is 5.54. The first-order valence-corrected chi connectivity index (χ1v) is 18.0. The molecule has 8 heteroatoms. The van der Waals surface area contributed by atoms with Crippen LogP contribution in [-0.4, -0.2) is 30.6 Å². The first kappa shape index (κ1) is 33.4. The van der Waals surface area contributed by atoms with Crippen LogP contribution in [0.4, 0.5) is 0 Å². The molecule has 0 aliphatic rings. The fourth-order valence-electron chi connectivity index (χ4n) is 5.68. The summed E-state index contributed by atoms with van der Waals surface area (Å²) in [5.41, 5.74) is 5.81. The highest BCUT2D eigenvalue weighted by Gasteiger charge is 2.47. The predicted molar refractivity (Wildman–Crippen MR) is 175 cm³/mol. The normalized spacial score (nSPS) is 18.0. The molecule has 41 heavy (non-hydrogen) atoms. The van der Waals surface area contributed by atoms with E-state index >= 15 is 4.57 Å². The molecule has 0 amide bonds. The lowest BCUT2D eigenvalue weighted by molar-refractivity contribution is 0.589. The molecule has 230 valence electrons. The highest BCUT2D eigenvalue weighted by molar-refractivity contribution is 7.85. The van der Waals surface area contributed by atoms with Crippen molar-refractivity contribution in [3.05, 3.63) is 34.2 Å². The summed E-state index contributed by atoms with van der Waals surface area (Å²) in [5, 5.41) is 27.9. The Bertz CT molecular complexity index is 1080. The molecule has 0 bridgehead atoms. The Morgan fingerprint density at radius 1 is 0.463 bits per heavy atom. The van der Waals surface area contributed by atoms with E-state index < -0.39 is 7.14 Å². The largest absolute Gasteiger partial charge is 0.308 e. The summed E-state index contributed by atoms with van der Waals surface area (Å²) >= 11 is 0. The summed E-state index contributed by atoms with van der Waals surface area (Å²) in [4.78, 5) is 0. The van der Waals surface area contributed by atoms with Crippen molar-refractivity contribution in [2.75, 3.05) is 0 Å². The van der Waals surface area contributed by atoms with E-state index in [1.54, 1.807) is 0 Å². The smallest absolute Gasteiger partial charge is 0.182 e. The first-order chi connectivity index (χ1) is 19.5. The molecule has 0 spiro atoms. The van der Waals surface area contributed by atoms with Crippen LogP contribution in [0.2, 0.25) is 0 Å². The molecule has 6 unspecified atom stereocenters. The minimum atomic E-state index is -3.54. The molecular formula is C33H57N6OP. The molecule has 7 nitrogen and oxygen atoms in total. The van der Waals surface area contributed by atoms with E-state index in [-0.39, 0.29) is 35.5 Å². The van der Waals surface area contributed by atoms with Gasteiger partial charge in [-0.15, -0.1) is 0 Å². The number of hydrogen-bond acceptors (Lipinski definition) is 4. The lowest BCUT2D eigenvalue weighted by atomic mass is 10.00. The summed E-state index contributed by atoms with van der Waals surface area (Å²) in [5.74, 6) is 1.01. The summed E-state index contributed by atoms with van der Waals surface area (Å²) in [6, 6.07) is 0. The zero-order chi connectivity index (χ0) is 30.6. The Kier molecular flexibility index (Phi) is 11.3. The van der Waals surface area contributed by atoms with Gasteiger partial charge in [0.25, 0.3) is 0 Å². The van der Waals surface area contributed by atoms with Crippen molar-refractivity contribution < 1.29 is 4.57 Å². The van der Waals surface area contributed by atoms with E-state index in [0.29, 0.717) is 0 Å². The Labute approximate surface area is 249 Å². The predicted octanol–water partition coefficient (Wildman–Crippen LogP) is 8.58. The van der Waals surface area contributed by atoms with E-state index in [4.69, 9.17) is 15.3 Å². The molecule has 0 aromatic carbocycles. The Morgan fingerprint density at radius 3 is 0.878 bits per heavy atom. The first-order valence-electron chi connectivity index (χ1n) is 16.3. The standard InChI is InChI=1S/C33H57N6OP/c1-13-19(7)25-31(26(35-34-25)20(8)14-2)41(40,32-27(21(9)15-3)36-37-28(32)22(10)16-4)33-29(23(11)17-5)38-39-30(33)24(12)18-6/h19-24H,13-18H2,1-12H3,(H,34,35)(H,36,37)(H,38,39). The number of aromatic amines is 3. The van der Waals surface area contributed by atoms with Gasteiger partial charge in [0, 0.05) is 34.8 Å². The maximum Gasteiger partial charge on any atom is 0.182 e. The van der Waals surface area contributed by atoms with Gasteiger partial charge < -0.3 is 4.57 Å². The van der Waals surface area contributed by atoms with Gasteiger partial charge >= 0.3 is 0 Å². The maximum absolute atomic E-state index is 17.1. The minimum absolute atomic E-state index is 0.157. The monoisotopic (exact) mass is 584 g/mol. The SMILES string of the molecule is CCC(C)c1n[nH]c(C(C)CC)c1P(=O)(c1c(C(C)CC)n[nH]c1C(C)CC)c1c(C(C)CC)n[nH]c1C(C)CC. The van der Waals surface area contributed by atoms with Crippen LogP contribution in [-0.2, 0) is 4.57 Å². The van der Waals surface area contributed by atoms with Crippen molar-refractivity contribution in [1.82, 2.24) is 30.6 Å². The van der Waals surface area contributed by atoms with Crippen LogP contribution in [0.3, 0.4) is 0 Å². The molecule has 3 N–H and O–H groups in total. The topological polar surface area (TPSA) is 103 Å². The number of rotatable bonds is 15. The zero-order valence-electron chi connectivity index (χ0n) is 27.9. The summed E-state index contributed by atoms with van der Waals surface area (Å²) in [6.45, 7) is 26.5. The molecule has 0 radical (unpaired) electrons. The van der Waals surface area contributed by atoms with Crippen molar-refractivity contribution in [1.29, 1.82) is 0 Å². The molecule has 3 aromatic heterocycles. The highest BCUT2D eigenvalue weighted by Crippen LogP contribution is 2.53. The van der Waals surface area contributed by atoms with E-state index in [9.17, 15) is 0 Å². The number of aromatic nitrogens is 6. The van der Waals surface area contributed by atoms with Crippen LogP contribution in [0.25, 0.3) is 0 Å². The summed E-state index contributed by atoms with van der Waals surface area (Å²) < 4.78 is 17.1. The van der Waals surface area contributed by atoms with Gasteiger partial charge in [-0.05, 0) is 56.3 Å². The Morgan fingerprint density at radius 2 is 0.683 bits per heavy atom. The number of nitrogens with one attached hydrogen (secondary N) is 3. The lowest BCUT2D eigenvalue weighted by Gasteiger charge is -2.29. The third-order valence-electron chi connectivity index (χ3n) is 9.88. The van der Waals surface area contributed by atoms with Crippen LogP contribution in [0.5, 0.6) is 0 Å². The second-order valence-electron chi connectivity index (χ2n) is 12.6. The fourth-order valence-corrected chi connectivity index (χ4v) is 9.95. The maximum atomic E-state index is 17.1. The third kappa shape index (κ3) is 5.90. The second kappa shape index (κ2) is 13.9. The van der Waals surface area contributed by atoms with E-state index in [2.05, 4.69) is 98.4 Å². The van der Waals surface area contributed by atoms with Gasteiger partial charge in [0.1, 0.15) is 0 Å². The molecular weight excluding hydrogens is 527 g/mol. The molecule has 0 saturated carbocycles. The van der Waals surface area contributed by atoms with Crippen molar-refractivity contribution in [2.45, 2.75) is 157 Å². The minimum Gasteiger partial charge on any atom is -0.308 e. The van der Waals surface area contributed by atoms with Gasteiger partial charge in [0.05, 0.1) is 33.0 Å². The molecule has 0 fully saturated rings. The quantitative estimate of drug-likeness (QED) is 0.156. The average Bonchev–Trinajstić information content (AvgIpc) is 3.75. The van der Waals surface area contributed by atoms with Crippen LogP contribution in [0.15, 0.2) is 0 Å². The molecule has 0 aliphatic heterocycles. The second-order valence-corrected chi connectivity index (χ2v) is 15.1. The van der Waals surface area contributed by atoms with Crippen molar-refractivity contribution in [3.63, 3.8) is 0 Å². The van der Waals surface area contributed by atoms with Gasteiger partial charge in [-0.2, -0.15) is 15.3 Å². The molecule has 0 aliphatic carbocycles. The fraction of sp³-hybridized carbons (Fsp3) is 0.727. The third-order valence-corrected chi connectivity index (χ3v) is 13.2. The number of hydrogen-bond donors (Lipinski definition) is 3. The van der Waals surface area contributed by atoms with Crippen LogP contribution < -0.4 is 15.9 Å². The van der Waals surface area contributed by atoms with Gasteiger partial charge in [0.2, 0.25) is 0 Å². The van der Waals surface area contributed by atoms with Gasteiger partial charge in [0.15, 0.2) is 7.14 Å². The Balaban J connectivity index is 2.71. The molecule has 6 atom stereocenters. The van der Waals surface area contributed by atoms with Crippen LogP contribution in [0, 0.1) is 0 Å². The van der Waals surface area contributed by atoms with Gasteiger partial charge in [-0.25, -0.2) is 0 Å². The van der Waals surface area contributed by atoms with Crippen molar-refractivity contribution in [3.8, 4) is 0 Å². The van der Waals surface area contributed by atoms with Crippen molar-refractivity contribution >= 4 is 23.1 Å². The van der Waals surface area contributed by atoms with Crippen LogP contribution >= 0.6 is 7.14 Å². The van der Waals surface area contributed by atoms with E-state index in [1.807, 2.05) is 0 Å². The van der Waals surface area contributed by atoms with Gasteiger partial charge in [-0.1, -0.05) is 83.1 Å². The van der Waals surface area contributed by atoms with E-state index in [1.165, 1.54) is 0 Å². The highest BCUT2D eigenvalue weighted by atomic mass is 31.2. The van der Waals surface area contributed by atoms with Gasteiger partial charge in [-0.3, -0.25) is 15.3 Å². The molecule has 3 heterocycles. The van der Waals surface area contributed by atoms with Crippen LogP contribution in [0.1, 0.15) is 191 Å². The lowest BCUT2D eigenvalue weighted by Crippen LogP contribution is -2.36. The average molecular weight is 585 g/mol. The number of nitrogens with zero attached hydrogens (tertiary/aromatic N) is 3. The molecule has 3 aromatic rings. The summed E-state index contributed by atoms with van der Waals surface area (Å²) in [7, 11) is -3.54. The zero-order valence-corrected chi connectivity index (χ0v) is 28.8.